The summed E-state index contributed by atoms with van der Waals surface area (Å²) in [6, 6.07) is 17.3. The number of anilines is 3. The molecule has 0 saturated carbocycles. The van der Waals surface area contributed by atoms with Crippen LogP contribution in [0.3, 0.4) is 0 Å². The van der Waals surface area contributed by atoms with E-state index in [1.807, 2.05) is 54.6 Å². The molecule has 2 aromatic carbocycles. The molecule has 0 amide bonds. The molecule has 3 aromatic rings. The molecule has 8 heteroatoms. The number of aromatic nitrogens is 3. The number of piperazine rings is 1. The zero-order valence-electron chi connectivity index (χ0n) is 17.2. The first-order valence-electron chi connectivity index (χ1n) is 10.2. The van der Waals surface area contributed by atoms with Gasteiger partial charge in [-0.05, 0) is 42.9 Å². The minimum atomic E-state index is 0.221. The van der Waals surface area contributed by atoms with E-state index in [2.05, 4.69) is 37.0 Å². The van der Waals surface area contributed by atoms with E-state index in [4.69, 9.17) is 10.5 Å². The Morgan fingerprint density at radius 1 is 0.867 bits per heavy atom. The molecule has 1 saturated heterocycles. The van der Waals surface area contributed by atoms with Gasteiger partial charge in [0.15, 0.2) is 0 Å². The zero-order valence-corrected chi connectivity index (χ0v) is 17.2. The highest BCUT2D eigenvalue weighted by Gasteiger charge is 2.17. The molecule has 0 bridgehead atoms. The van der Waals surface area contributed by atoms with Gasteiger partial charge in [0.1, 0.15) is 17.3 Å². The summed E-state index contributed by atoms with van der Waals surface area (Å²) < 4.78 is 5.82. The summed E-state index contributed by atoms with van der Waals surface area (Å²) in [5.41, 5.74) is 6.77. The van der Waals surface area contributed by atoms with Crippen LogP contribution in [-0.4, -0.2) is 57.5 Å². The zero-order chi connectivity index (χ0) is 20.8. The average Bonchev–Trinajstić information content (AvgIpc) is 2.76. The molecule has 3 N–H and O–H groups in total. The Morgan fingerprint density at radius 3 is 2.23 bits per heavy atom. The molecule has 30 heavy (non-hydrogen) atoms. The van der Waals surface area contributed by atoms with E-state index in [9.17, 15) is 0 Å². The van der Waals surface area contributed by atoms with Crippen LogP contribution in [-0.2, 0) is 6.54 Å². The Bertz CT molecular complexity index is 941. The van der Waals surface area contributed by atoms with Crippen molar-refractivity contribution in [2.24, 2.45) is 0 Å². The minimum absolute atomic E-state index is 0.221. The molecule has 0 radical (unpaired) electrons. The molecule has 1 aliphatic rings. The van der Waals surface area contributed by atoms with Crippen LogP contribution in [0.15, 0.2) is 54.6 Å². The van der Waals surface area contributed by atoms with Crippen LogP contribution in [0.4, 0.5) is 17.6 Å². The molecule has 1 aliphatic heterocycles. The quantitative estimate of drug-likeness (QED) is 0.619. The van der Waals surface area contributed by atoms with Gasteiger partial charge in [-0.1, -0.05) is 25.1 Å². The number of nitrogens with one attached hydrogen (secondary N) is 1. The van der Waals surface area contributed by atoms with Crippen molar-refractivity contribution in [3.05, 3.63) is 60.4 Å². The molecule has 1 fully saturated rings. The van der Waals surface area contributed by atoms with Crippen molar-refractivity contribution in [2.45, 2.75) is 13.5 Å². The average molecular weight is 406 g/mol. The third-order valence-corrected chi connectivity index (χ3v) is 5.07. The van der Waals surface area contributed by atoms with Crippen LogP contribution in [0.25, 0.3) is 0 Å². The van der Waals surface area contributed by atoms with E-state index in [1.54, 1.807) is 0 Å². The standard InChI is InChI=1S/C22H27N7O/c1-2-28-12-14-29(15-13-28)16-20-25-21(23)27-22(26-20)24-17-8-10-19(11-9-17)30-18-6-4-3-5-7-18/h3-11H,2,12-16H2,1H3,(H3,23,24,25,26,27). The summed E-state index contributed by atoms with van der Waals surface area (Å²) in [6.45, 7) is 8.11. The van der Waals surface area contributed by atoms with Crippen molar-refractivity contribution in [2.75, 3.05) is 43.8 Å². The molecule has 2 heterocycles. The molecular weight excluding hydrogens is 378 g/mol. The number of nitrogens with zero attached hydrogens (tertiary/aromatic N) is 5. The second-order valence-corrected chi connectivity index (χ2v) is 7.21. The molecule has 156 valence electrons. The predicted octanol–water partition coefficient (Wildman–Crippen LogP) is 3.13. The maximum Gasteiger partial charge on any atom is 0.232 e. The minimum Gasteiger partial charge on any atom is -0.457 e. The SMILES string of the molecule is CCN1CCN(Cc2nc(N)nc(Nc3ccc(Oc4ccccc4)cc3)n2)CC1. The normalized spacial score (nSPS) is 15.1. The maximum absolute atomic E-state index is 5.92. The third kappa shape index (κ3) is 5.43. The van der Waals surface area contributed by atoms with Gasteiger partial charge in [0, 0.05) is 31.9 Å². The topological polar surface area (TPSA) is 92.4 Å². The Morgan fingerprint density at radius 2 is 1.53 bits per heavy atom. The second-order valence-electron chi connectivity index (χ2n) is 7.21. The van der Waals surface area contributed by atoms with Crippen LogP contribution in [0.2, 0.25) is 0 Å². The molecular formula is C22H27N7O. The maximum atomic E-state index is 5.92. The summed E-state index contributed by atoms with van der Waals surface area (Å²) in [5, 5.41) is 3.21. The fourth-order valence-corrected chi connectivity index (χ4v) is 3.39. The van der Waals surface area contributed by atoms with Crippen LogP contribution in [0.1, 0.15) is 12.7 Å². The van der Waals surface area contributed by atoms with Gasteiger partial charge in [0.05, 0.1) is 6.54 Å². The van der Waals surface area contributed by atoms with Gasteiger partial charge >= 0.3 is 0 Å². The number of hydrogen-bond donors (Lipinski definition) is 2. The lowest BCUT2D eigenvalue weighted by Crippen LogP contribution is -2.45. The highest BCUT2D eigenvalue weighted by molar-refractivity contribution is 5.55. The molecule has 1 aromatic heterocycles. The Balaban J connectivity index is 1.38. The van der Waals surface area contributed by atoms with Crippen molar-refractivity contribution in [1.29, 1.82) is 0 Å². The Hall–Kier alpha value is -3.23. The lowest BCUT2D eigenvalue weighted by atomic mass is 10.3. The number of para-hydroxylation sites is 1. The number of ether oxygens (including phenoxy) is 1. The lowest BCUT2D eigenvalue weighted by molar-refractivity contribution is 0.129. The largest absolute Gasteiger partial charge is 0.457 e. The number of rotatable bonds is 7. The second kappa shape index (κ2) is 9.51. The van der Waals surface area contributed by atoms with Gasteiger partial charge < -0.3 is 20.7 Å². The van der Waals surface area contributed by atoms with E-state index in [-0.39, 0.29) is 5.95 Å². The molecule has 0 aliphatic carbocycles. The van der Waals surface area contributed by atoms with E-state index < -0.39 is 0 Å². The van der Waals surface area contributed by atoms with Gasteiger partial charge in [0.25, 0.3) is 0 Å². The first kappa shape index (κ1) is 20.1. The van der Waals surface area contributed by atoms with Crippen LogP contribution in [0, 0.1) is 0 Å². The number of likely N-dealkylation sites (N-methyl/N-ethyl adjacent to an activating group) is 1. The van der Waals surface area contributed by atoms with Crippen molar-refractivity contribution in [3.63, 3.8) is 0 Å². The van der Waals surface area contributed by atoms with Gasteiger partial charge in [-0.3, -0.25) is 4.90 Å². The van der Waals surface area contributed by atoms with Crippen molar-refractivity contribution >= 4 is 17.6 Å². The smallest absolute Gasteiger partial charge is 0.232 e. The highest BCUT2D eigenvalue weighted by Crippen LogP contribution is 2.23. The Labute approximate surface area is 176 Å². The van der Waals surface area contributed by atoms with Crippen molar-refractivity contribution < 1.29 is 4.74 Å². The van der Waals surface area contributed by atoms with Crippen LogP contribution < -0.4 is 15.8 Å². The highest BCUT2D eigenvalue weighted by atomic mass is 16.5. The molecule has 0 atom stereocenters. The molecule has 0 spiro atoms. The van der Waals surface area contributed by atoms with Crippen molar-refractivity contribution in [3.8, 4) is 11.5 Å². The first-order valence-corrected chi connectivity index (χ1v) is 10.2. The van der Waals surface area contributed by atoms with E-state index in [0.29, 0.717) is 18.3 Å². The number of nitrogen functional groups attached to an aromatic ring is 1. The molecule has 4 rings (SSSR count). The van der Waals surface area contributed by atoms with Gasteiger partial charge in [-0.2, -0.15) is 15.0 Å². The third-order valence-electron chi connectivity index (χ3n) is 5.07. The van der Waals surface area contributed by atoms with Gasteiger partial charge in [-0.25, -0.2) is 0 Å². The summed E-state index contributed by atoms with van der Waals surface area (Å²) in [6.07, 6.45) is 0. The van der Waals surface area contributed by atoms with Gasteiger partial charge in [-0.15, -0.1) is 0 Å². The van der Waals surface area contributed by atoms with E-state index in [0.717, 1.165) is 49.9 Å². The number of nitrogens with two attached hydrogens (primary N) is 1. The lowest BCUT2D eigenvalue weighted by Gasteiger charge is -2.33. The van der Waals surface area contributed by atoms with E-state index >= 15 is 0 Å². The number of benzene rings is 2. The summed E-state index contributed by atoms with van der Waals surface area (Å²) in [7, 11) is 0. The summed E-state index contributed by atoms with van der Waals surface area (Å²) >= 11 is 0. The van der Waals surface area contributed by atoms with Crippen molar-refractivity contribution in [1.82, 2.24) is 24.8 Å². The monoisotopic (exact) mass is 405 g/mol. The fourth-order valence-electron chi connectivity index (χ4n) is 3.39. The fraction of sp³-hybridized carbons (Fsp3) is 0.318. The molecule has 8 nitrogen and oxygen atoms in total. The van der Waals surface area contributed by atoms with Gasteiger partial charge in [0.2, 0.25) is 11.9 Å². The number of hydrogen-bond acceptors (Lipinski definition) is 8. The van der Waals surface area contributed by atoms with E-state index in [1.165, 1.54) is 0 Å². The first-order chi connectivity index (χ1) is 14.7. The van der Waals surface area contributed by atoms with Crippen LogP contribution in [0.5, 0.6) is 11.5 Å². The Kier molecular flexibility index (Phi) is 6.36. The van der Waals surface area contributed by atoms with Crippen LogP contribution >= 0.6 is 0 Å². The summed E-state index contributed by atoms with van der Waals surface area (Å²) in [4.78, 5) is 17.9. The predicted molar refractivity (Wildman–Crippen MR) is 118 cm³/mol. The molecule has 0 unspecified atom stereocenters. The summed E-state index contributed by atoms with van der Waals surface area (Å²) in [5.74, 6) is 2.90.